The third kappa shape index (κ3) is 3.21. The first-order valence-corrected chi connectivity index (χ1v) is 5.78. The number of carbonyl (C=O) groups excluding carboxylic acids is 1. The van der Waals surface area contributed by atoms with E-state index in [0.29, 0.717) is 41.6 Å². The van der Waals surface area contributed by atoms with Crippen LogP contribution in [0.2, 0.25) is 0 Å². The summed E-state index contributed by atoms with van der Waals surface area (Å²) < 4.78 is 4.99. The van der Waals surface area contributed by atoms with E-state index in [9.17, 15) is 4.79 Å². The number of anilines is 2. The molecule has 1 heterocycles. The van der Waals surface area contributed by atoms with Gasteiger partial charge in [0, 0.05) is 24.3 Å². The zero-order valence-electron chi connectivity index (χ0n) is 10.5. The third-order valence-corrected chi connectivity index (χ3v) is 2.53. The van der Waals surface area contributed by atoms with E-state index in [-0.39, 0.29) is 0 Å². The molecule has 0 saturated heterocycles. The number of amides is 1. The monoisotopic (exact) mass is 261 g/mol. The molecule has 2 rings (SSSR count). The first-order valence-electron chi connectivity index (χ1n) is 5.78. The number of benzene rings is 1. The molecule has 19 heavy (non-hydrogen) atoms. The molecule has 1 amide bonds. The third-order valence-electron chi connectivity index (χ3n) is 2.53. The minimum Gasteiger partial charge on any atom is -0.399 e. The van der Waals surface area contributed by atoms with Crippen LogP contribution in [0.5, 0.6) is 0 Å². The van der Waals surface area contributed by atoms with Crippen LogP contribution < -0.4 is 16.8 Å². The van der Waals surface area contributed by atoms with E-state index in [0.717, 1.165) is 0 Å². The molecule has 0 atom stereocenters. The summed E-state index contributed by atoms with van der Waals surface area (Å²) in [7, 11) is 0. The van der Waals surface area contributed by atoms with Gasteiger partial charge in [-0.05, 0) is 25.1 Å². The van der Waals surface area contributed by atoms with E-state index in [2.05, 4.69) is 15.5 Å². The normalized spacial score (nSPS) is 10.4. The number of primary amides is 1. The van der Waals surface area contributed by atoms with E-state index < -0.39 is 5.91 Å². The SMILES string of the molecule is Cc1noc(CCNc2ccc(N)cc2C(N)=O)n1. The number of carbonyl (C=O) groups is 1. The Kier molecular flexibility index (Phi) is 3.65. The zero-order chi connectivity index (χ0) is 13.8. The molecular formula is C12H15N5O2. The highest BCUT2D eigenvalue weighted by atomic mass is 16.5. The predicted molar refractivity (Wildman–Crippen MR) is 70.6 cm³/mol. The largest absolute Gasteiger partial charge is 0.399 e. The smallest absolute Gasteiger partial charge is 0.250 e. The second kappa shape index (κ2) is 5.38. The number of hydrogen-bond acceptors (Lipinski definition) is 6. The van der Waals surface area contributed by atoms with E-state index in [1.165, 1.54) is 0 Å². The molecule has 100 valence electrons. The summed E-state index contributed by atoms with van der Waals surface area (Å²) >= 11 is 0. The molecule has 2 aromatic rings. The molecule has 1 aromatic carbocycles. The molecule has 0 radical (unpaired) electrons. The summed E-state index contributed by atoms with van der Waals surface area (Å²) in [5.74, 6) is 0.616. The minimum atomic E-state index is -0.525. The number of nitrogens with two attached hydrogens (primary N) is 2. The summed E-state index contributed by atoms with van der Waals surface area (Å²) in [6.07, 6.45) is 0.559. The number of nitrogen functional groups attached to an aromatic ring is 1. The van der Waals surface area contributed by atoms with Crippen LogP contribution in [-0.2, 0) is 6.42 Å². The highest BCUT2D eigenvalue weighted by Crippen LogP contribution is 2.18. The summed E-state index contributed by atoms with van der Waals surface area (Å²) in [4.78, 5) is 15.4. The quantitative estimate of drug-likeness (QED) is 0.682. The minimum absolute atomic E-state index is 0.363. The van der Waals surface area contributed by atoms with Crippen molar-refractivity contribution in [3.63, 3.8) is 0 Å². The average molecular weight is 261 g/mol. The molecule has 0 fully saturated rings. The van der Waals surface area contributed by atoms with Crippen molar-refractivity contribution in [2.24, 2.45) is 5.73 Å². The Morgan fingerprint density at radius 1 is 1.47 bits per heavy atom. The number of rotatable bonds is 5. The molecule has 7 nitrogen and oxygen atoms in total. The Labute approximate surface area is 110 Å². The number of nitrogens with zero attached hydrogens (tertiary/aromatic N) is 2. The van der Waals surface area contributed by atoms with Crippen molar-refractivity contribution in [2.75, 3.05) is 17.6 Å². The maximum absolute atomic E-state index is 11.3. The summed E-state index contributed by atoms with van der Waals surface area (Å²) in [5.41, 5.74) is 12.4. The topological polar surface area (TPSA) is 120 Å². The predicted octanol–water partition coefficient (Wildman–Crippen LogP) is 0.714. The van der Waals surface area contributed by atoms with Crippen LogP contribution in [0, 0.1) is 6.92 Å². The molecular weight excluding hydrogens is 246 g/mol. The highest BCUT2D eigenvalue weighted by Gasteiger charge is 2.09. The molecule has 7 heteroatoms. The molecule has 0 aliphatic heterocycles. The number of aromatic nitrogens is 2. The van der Waals surface area contributed by atoms with Gasteiger partial charge in [0.05, 0.1) is 5.56 Å². The van der Waals surface area contributed by atoms with Gasteiger partial charge in [0.1, 0.15) is 0 Å². The molecule has 0 aliphatic rings. The number of nitrogens with one attached hydrogen (secondary N) is 1. The zero-order valence-corrected chi connectivity index (χ0v) is 10.5. The highest BCUT2D eigenvalue weighted by molar-refractivity contribution is 5.99. The average Bonchev–Trinajstić information content (AvgIpc) is 2.77. The number of hydrogen-bond donors (Lipinski definition) is 3. The second-order valence-corrected chi connectivity index (χ2v) is 4.08. The Morgan fingerprint density at radius 3 is 2.89 bits per heavy atom. The second-order valence-electron chi connectivity index (χ2n) is 4.08. The fourth-order valence-corrected chi connectivity index (χ4v) is 1.67. The van der Waals surface area contributed by atoms with Gasteiger partial charge >= 0.3 is 0 Å². The Hall–Kier alpha value is -2.57. The van der Waals surface area contributed by atoms with Crippen molar-refractivity contribution in [1.82, 2.24) is 10.1 Å². The summed E-state index contributed by atoms with van der Waals surface area (Å²) in [6, 6.07) is 4.96. The lowest BCUT2D eigenvalue weighted by Gasteiger charge is -2.09. The van der Waals surface area contributed by atoms with Crippen LogP contribution in [0.15, 0.2) is 22.7 Å². The van der Waals surface area contributed by atoms with Gasteiger partial charge in [-0.25, -0.2) is 0 Å². The van der Waals surface area contributed by atoms with E-state index in [1.54, 1.807) is 25.1 Å². The molecule has 5 N–H and O–H groups in total. The first kappa shape index (κ1) is 12.9. The van der Waals surface area contributed by atoms with Crippen molar-refractivity contribution in [3.05, 3.63) is 35.5 Å². The lowest BCUT2D eigenvalue weighted by Crippen LogP contribution is -2.16. The van der Waals surface area contributed by atoms with Crippen molar-refractivity contribution in [2.45, 2.75) is 13.3 Å². The fraction of sp³-hybridized carbons (Fsp3) is 0.250. The van der Waals surface area contributed by atoms with Crippen LogP contribution in [0.4, 0.5) is 11.4 Å². The standard InChI is InChI=1S/C12H15N5O2/c1-7-16-11(19-17-7)4-5-15-10-3-2-8(13)6-9(10)12(14)18/h2-3,6,15H,4-5,13H2,1H3,(H2,14,18). The van der Waals surface area contributed by atoms with Crippen LogP contribution in [0.1, 0.15) is 22.1 Å². The first-order chi connectivity index (χ1) is 9.06. The van der Waals surface area contributed by atoms with Gasteiger partial charge in [-0.1, -0.05) is 5.16 Å². The van der Waals surface area contributed by atoms with Crippen molar-refractivity contribution >= 4 is 17.3 Å². The van der Waals surface area contributed by atoms with Gasteiger partial charge < -0.3 is 21.3 Å². The maximum Gasteiger partial charge on any atom is 0.250 e. The molecule has 0 aliphatic carbocycles. The molecule has 0 bridgehead atoms. The lowest BCUT2D eigenvalue weighted by molar-refractivity contribution is 0.100. The van der Waals surface area contributed by atoms with Gasteiger partial charge in [-0.2, -0.15) is 4.98 Å². The molecule has 0 spiro atoms. The Balaban J connectivity index is 2.01. The molecule has 0 unspecified atom stereocenters. The van der Waals surface area contributed by atoms with Gasteiger partial charge in [0.25, 0.3) is 5.91 Å². The molecule has 0 saturated carbocycles. The van der Waals surface area contributed by atoms with Crippen LogP contribution in [0.3, 0.4) is 0 Å². The van der Waals surface area contributed by atoms with Crippen LogP contribution in [0.25, 0.3) is 0 Å². The van der Waals surface area contributed by atoms with Crippen LogP contribution >= 0.6 is 0 Å². The maximum atomic E-state index is 11.3. The fourth-order valence-electron chi connectivity index (χ4n) is 1.67. The van der Waals surface area contributed by atoms with E-state index >= 15 is 0 Å². The summed E-state index contributed by atoms with van der Waals surface area (Å²) in [6.45, 7) is 2.30. The van der Waals surface area contributed by atoms with Gasteiger partial charge in [-0.3, -0.25) is 4.79 Å². The lowest BCUT2D eigenvalue weighted by atomic mass is 10.1. The van der Waals surface area contributed by atoms with Crippen molar-refractivity contribution in [1.29, 1.82) is 0 Å². The van der Waals surface area contributed by atoms with Crippen molar-refractivity contribution in [3.8, 4) is 0 Å². The Morgan fingerprint density at radius 2 is 2.26 bits per heavy atom. The van der Waals surface area contributed by atoms with Gasteiger partial charge in [-0.15, -0.1) is 0 Å². The van der Waals surface area contributed by atoms with E-state index in [1.807, 2.05) is 0 Å². The van der Waals surface area contributed by atoms with Crippen molar-refractivity contribution < 1.29 is 9.32 Å². The molecule has 1 aromatic heterocycles. The van der Waals surface area contributed by atoms with Crippen LogP contribution in [-0.4, -0.2) is 22.6 Å². The van der Waals surface area contributed by atoms with Gasteiger partial charge in [0.15, 0.2) is 5.82 Å². The van der Waals surface area contributed by atoms with Gasteiger partial charge in [0.2, 0.25) is 5.89 Å². The summed E-state index contributed by atoms with van der Waals surface area (Å²) in [5, 5.41) is 6.79. The van der Waals surface area contributed by atoms with E-state index in [4.69, 9.17) is 16.0 Å². The number of aryl methyl sites for hydroxylation is 1. The Bertz CT molecular complexity index is 594.